The number of methoxy groups -OCH3 is 3. The lowest BCUT2D eigenvalue weighted by Crippen LogP contribution is -2.49. The molecule has 0 N–H and O–H groups in total. The van der Waals surface area contributed by atoms with Gasteiger partial charge in [0.1, 0.15) is 23.0 Å². The van der Waals surface area contributed by atoms with E-state index in [0.717, 1.165) is 37.6 Å². The first-order valence-electron chi connectivity index (χ1n) is 10.1. The fourth-order valence-electron chi connectivity index (χ4n) is 3.44. The summed E-state index contributed by atoms with van der Waals surface area (Å²) in [6, 6.07) is 12.9. The van der Waals surface area contributed by atoms with Gasteiger partial charge in [0.2, 0.25) is 0 Å². The standard InChI is InChI=1S/C23H30N2O5/c1-27-19-5-7-20(8-6-19)30-14-4-9-24-10-12-25(13-11-24)23(26)18-15-21(28-2)17-22(16-18)29-3/h5-8,15-17H,4,9-14H2,1-3H3. The lowest BCUT2D eigenvalue weighted by atomic mass is 10.1. The van der Waals surface area contributed by atoms with Crippen molar-refractivity contribution in [3.8, 4) is 23.0 Å². The molecule has 0 unspecified atom stereocenters. The highest BCUT2D eigenvalue weighted by Crippen LogP contribution is 2.24. The third-order valence-electron chi connectivity index (χ3n) is 5.20. The Labute approximate surface area is 178 Å². The Hall–Kier alpha value is -2.93. The molecule has 1 saturated heterocycles. The Morgan fingerprint density at radius 1 is 0.800 bits per heavy atom. The number of hydrogen-bond donors (Lipinski definition) is 0. The minimum absolute atomic E-state index is 0.00897. The fraction of sp³-hybridized carbons (Fsp3) is 0.435. The zero-order valence-electron chi connectivity index (χ0n) is 17.9. The Morgan fingerprint density at radius 2 is 1.37 bits per heavy atom. The number of benzene rings is 2. The number of carbonyl (C=O) groups excluding carboxylic acids is 1. The van der Waals surface area contributed by atoms with Crippen LogP contribution >= 0.6 is 0 Å². The second-order valence-corrected chi connectivity index (χ2v) is 7.11. The van der Waals surface area contributed by atoms with E-state index in [9.17, 15) is 4.79 Å². The average Bonchev–Trinajstić information content (AvgIpc) is 2.81. The maximum Gasteiger partial charge on any atom is 0.254 e. The molecule has 1 fully saturated rings. The third-order valence-corrected chi connectivity index (χ3v) is 5.20. The van der Waals surface area contributed by atoms with Crippen LogP contribution in [0, 0.1) is 0 Å². The first-order chi connectivity index (χ1) is 14.6. The van der Waals surface area contributed by atoms with Gasteiger partial charge in [-0.15, -0.1) is 0 Å². The summed E-state index contributed by atoms with van der Waals surface area (Å²) in [6.45, 7) is 4.74. The van der Waals surface area contributed by atoms with E-state index in [-0.39, 0.29) is 5.91 Å². The lowest BCUT2D eigenvalue weighted by molar-refractivity contribution is 0.0630. The number of piperazine rings is 1. The molecule has 2 aromatic carbocycles. The summed E-state index contributed by atoms with van der Waals surface area (Å²) in [5.41, 5.74) is 0.590. The monoisotopic (exact) mass is 414 g/mol. The van der Waals surface area contributed by atoms with Crippen molar-refractivity contribution < 1.29 is 23.7 Å². The largest absolute Gasteiger partial charge is 0.497 e. The summed E-state index contributed by atoms with van der Waals surface area (Å²) in [7, 11) is 4.82. The van der Waals surface area contributed by atoms with Crippen LogP contribution in [0.25, 0.3) is 0 Å². The van der Waals surface area contributed by atoms with Crippen LogP contribution in [0.3, 0.4) is 0 Å². The number of ether oxygens (including phenoxy) is 4. The highest BCUT2D eigenvalue weighted by atomic mass is 16.5. The van der Waals surface area contributed by atoms with E-state index in [1.54, 1.807) is 39.5 Å². The minimum atomic E-state index is 0.00897. The summed E-state index contributed by atoms with van der Waals surface area (Å²) in [6.07, 6.45) is 0.938. The van der Waals surface area contributed by atoms with Crippen LogP contribution in [0.4, 0.5) is 0 Å². The van der Waals surface area contributed by atoms with Gasteiger partial charge in [0, 0.05) is 44.4 Å². The van der Waals surface area contributed by atoms with Gasteiger partial charge < -0.3 is 23.8 Å². The Morgan fingerprint density at radius 3 is 1.93 bits per heavy atom. The maximum absolute atomic E-state index is 12.9. The van der Waals surface area contributed by atoms with Crippen LogP contribution in [-0.4, -0.2) is 76.4 Å². The molecule has 7 nitrogen and oxygen atoms in total. The summed E-state index contributed by atoms with van der Waals surface area (Å²) >= 11 is 0. The Kier molecular flexibility index (Phi) is 7.79. The number of amides is 1. The van der Waals surface area contributed by atoms with E-state index < -0.39 is 0 Å². The third kappa shape index (κ3) is 5.79. The van der Waals surface area contributed by atoms with Crippen molar-refractivity contribution in [2.24, 2.45) is 0 Å². The van der Waals surface area contributed by atoms with Crippen molar-refractivity contribution in [3.63, 3.8) is 0 Å². The summed E-state index contributed by atoms with van der Waals surface area (Å²) in [4.78, 5) is 17.1. The molecule has 0 aromatic heterocycles. The molecule has 0 spiro atoms. The summed E-state index contributed by atoms with van der Waals surface area (Å²) < 4.78 is 21.5. The van der Waals surface area contributed by atoms with Crippen LogP contribution < -0.4 is 18.9 Å². The number of rotatable bonds is 9. The molecule has 0 atom stereocenters. The molecule has 0 bridgehead atoms. The smallest absolute Gasteiger partial charge is 0.254 e. The highest BCUT2D eigenvalue weighted by molar-refractivity contribution is 5.95. The van der Waals surface area contributed by atoms with E-state index in [0.29, 0.717) is 36.8 Å². The van der Waals surface area contributed by atoms with Crippen LogP contribution in [-0.2, 0) is 0 Å². The summed E-state index contributed by atoms with van der Waals surface area (Å²) in [5.74, 6) is 2.91. The van der Waals surface area contributed by atoms with Crippen molar-refractivity contribution in [2.45, 2.75) is 6.42 Å². The molecule has 30 heavy (non-hydrogen) atoms. The van der Waals surface area contributed by atoms with E-state index >= 15 is 0 Å². The lowest BCUT2D eigenvalue weighted by Gasteiger charge is -2.34. The first-order valence-corrected chi connectivity index (χ1v) is 10.1. The van der Waals surface area contributed by atoms with E-state index in [2.05, 4.69) is 4.90 Å². The van der Waals surface area contributed by atoms with Crippen molar-refractivity contribution in [1.29, 1.82) is 0 Å². The molecular weight excluding hydrogens is 384 g/mol. The van der Waals surface area contributed by atoms with E-state index in [1.165, 1.54) is 0 Å². The Bertz CT molecular complexity index is 795. The van der Waals surface area contributed by atoms with Crippen LogP contribution in [0.2, 0.25) is 0 Å². The zero-order chi connectivity index (χ0) is 21.3. The molecule has 0 saturated carbocycles. The first kappa shape index (κ1) is 21.8. The van der Waals surface area contributed by atoms with Crippen molar-refractivity contribution in [2.75, 3.05) is 60.7 Å². The predicted octanol–water partition coefficient (Wildman–Crippen LogP) is 2.94. The quantitative estimate of drug-likeness (QED) is 0.588. The van der Waals surface area contributed by atoms with E-state index in [1.807, 2.05) is 29.2 Å². The second-order valence-electron chi connectivity index (χ2n) is 7.11. The van der Waals surface area contributed by atoms with Gasteiger partial charge in [0.15, 0.2) is 0 Å². The van der Waals surface area contributed by atoms with Gasteiger partial charge in [-0.05, 0) is 42.8 Å². The SMILES string of the molecule is COc1ccc(OCCCN2CCN(C(=O)c3cc(OC)cc(OC)c3)CC2)cc1. The number of nitrogens with zero attached hydrogens (tertiary/aromatic N) is 2. The topological polar surface area (TPSA) is 60.5 Å². The molecule has 1 aliphatic rings. The van der Waals surface area contributed by atoms with Crippen molar-refractivity contribution >= 4 is 5.91 Å². The molecule has 1 heterocycles. The molecule has 0 radical (unpaired) electrons. The van der Waals surface area contributed by atoms with Gasteiger partial charge in [-0.1, -0.05) is 0 Å². The summed E-state index contributed by atoms with van der Waals surface area (Å²) in [5, 5.41) is 0. The van der Waals surface area contributed by atoms with Gasteiger partial charge in [-0.3, -0.25) is 9.69 Å². The van der Waals surface area contributed by atoms with Crippen LogP contribution in [0.5, 0.6) is 23.0 Å². The van der Waals surface area contributed by atoms with Gasteiger partial charge in [0.25, 0.3) is 5.91 Å². The van der Waals surface area contributed by atoms with Crippen molar-refractivity contribution in [1.82, 2.24) is 9.80 Å². The van der Waals surface area contributed by atoms with Gasteiger partial charge in [-0.25, -0.2) is 0 Å². The molecule has 1 amide bonds. The van der Waals surface area contributed by atoms with Gasteiger partial charge in [-0.2, -0.15) is 0 Å². The molecule has 2 aromatic rings. The average molecular weight is 415 g/mol. The molecule has 0 aliphatic carbocycles. The second kappa shape index (κ2) is 10.7. The molecule has 7 heteroatoms. The maximum atomic E-state index is 12.9. The predicted molar refractivity (Wildman–Crippen MR) is 115 cm³/mol. The highest BCUT2D eigenvalue weighted by Gasteiger charge is 2.22. The molecule has 162 valence electrons. The molecule has 1 aliphatic heterocycles. The van der Waals surface area contributed by atoms with Gasteiger partial charge >= 0.3 is 0 Å². The zero-order valence-corrected chi connectivity index (χ0v) is 17.9. The number of hydrogen-bond acceptors (Lipinski definition) is 6. The normalized spacial score (nSPS) is 14.3. The van der Waals surface area contributed by atoms with Crippen LogP contribution in [0.1, 0.15) is 16.8 Å². The molecular formula is C23H30N2O5. The van der Waals surface area contributed by atoms with Crippen LogP contribution in [0.15, 0.2) is 42.5 Å². The Balaban J connectivity index is 1.41. The fourth-order valence-corrected chi connectivity index (χ4v) is 3.44. The minimum Gasteiger partial charge on any atom is -0.497 e. The number of carbonyl (C=O) groups is 1. The van der Waals surface area contributed by atoms with Crippen molar-refractivity contribution in [3.05, 3.63) is 48.0 Å². The van der Waals surface area contributed by atoms with Gasteiger partial charge in [0.05, 0.1) is 27.9 Å². The van der Waals surface area contributed by atoms with E-state index in [4.69, 9.17) is 18.9 Å². The molecule has 3 rings (SSSR count).